The zero-order valence-corrected chi connectivity index (χ0v) is 12.7. The average Bonchev–Trinajstić information content (AvgIpc) is 3.01. The molecule has 118 valence electrons. The molecule has 1 saturated heterocycles. The normalized spacial score (nSPS) is 18.0. The number of anilines is 3. The van der Waals surface area contributed by atoms with E-state index in [0.717, 1.165) is 36.7 Å². The van der Waals surface area contributed by atoms with Crippen LogP contribution in [0.1, 0.15) is 30.9 Å². The van der Waals surface area contributed by atoms with Crippen LogP contribution in [0.4, 0.5) is 17.6 Å². The highest BCUT2D eigenvalue weighted by atomic mass is 15.6. The highest BCUT2D eigenvalue weighted by Gasteiger charge is 2.25. The fourth-order valence-corrected chi connectivity index (χ4v) is 2.96. The van der Waals surface area contributed by atoms with Gasteiger partial charge in [-0.1, -0.05) is 0 Å². The number of H-pyrrole nitrogens is 1. The van der Waals surface area contributed by atoms with Gasteiger partial charge in [-0.05, 0) is 31.4 Å². The van der Waals surface area contributed by atoms with E-state index in [2.05, 4.69) is 37.1 Å². The Kier molecular flexibility index (Phi) is 2.77. The molecule has 3 N–H and O–H groups in total. The van der Waals surface area contributed by atoms with Crippen molar-refractivity contribution >= 4 is 23.1 Å². The Morgan fingerprint density at radius 1 is 1.30 bits per heavy atom. The van der Waals surface area contributed by atoms with Crippen LogP contribution in [-0.2, 0) is 0 Å². The fraction of sp³-hybridized carbons (Fsp3) is 0.400. The van der Waals surface area contributed by atoms with Gasteiger partial charge in [0.15, 0.2) is 11.6 Å². The summed E-state index contributed by atoms with van der Waals surface area (Å²) < 4.78 is 1.85. The molecule has 4 heterocycles. The van der Waals surface area contributed by atoms with E-state index in [0.29, 0.717) is 11.9 Å². The van der Waals surface area contributed by atoms with E-state index < -0.39 is 0 Å². The van der Waals surface area contributed by atoms with Crippen LogP contribution in [0.2, 0.25) is 0 Å². The Morgan fingerprint density at radius 3 is 3.09 bits per heavy atom. The van der Waals surface area contributed by atoms with Crippen LogP contribution >= 0.6 is 0 Å². The molecule has 8 nitrogen and oxygen atoms in total. The summed E-state index contributed by atoms with van der Waals surface area (Å²) in [6.45, 7) is 1.88. The largest absolute Gasteiger partial charge is 0.322 e. The second kappa shape index (κ2) is 4.95. The second-order valence-corrected chi connectivity index (χ2v) is 6.12. The maximum absolute atomic E-state index is 4.69. The molecule has 3 aromatic heterocycles. The van der Waals surface area contributed by atoms with Crippen LogP contribution in [0, 0.1) is 0 Å². The first-order chi connectivity index (χ1) is 11.4. The minimum atomic E-state index is 0.654. The van der Waals surface area contributed by atoms with E-state index in [1.165, 1.54) is 18.5 Å². The number of aromatic amines is 1. The van der Waals surface area contributed by atoms with Gasteiger partial charge in [-0.15, -0.1) is 5.10 Å². The SMILES string of the molecule is c1cc2c(Nc3cc(C4CC4)[nH]n3)nc(N3CCCN3)nn2c1. The minimum absolute atomic E-state index is 0.654. The molecule has 2 fully saturated rings. The van der Waals surface area contributed by atoms with Gasteiger partial charge < -0.3 is 5.32 Å². The van der Waals surface area contributed by atoms with Crippen LogP contribution in [0.5, 0.6) is 0 Å². The highest BCUT2D eigenvalue weighted by molar-refractivity contribution is 5.73. The summed E-state index contributed by atoms with van der Waals surface area (Å²) in [7, 11) is 0. The quantitative estimate of drug-likeness (QED) is 0.681. The molecule has 3 aromatic rings. The molecule has 0 aromatic carbocycles. The van der Waals surface area contributed by atoms with Crippen LogP contribution in [-0.4, -0.2) is 37.9 Å². The lowest BCUT2D eigenvalue weighted by atomic mass is 10.3. The molecule has 0 amide bonds. The number of hydrogen-bond donors (Lipinski definition) is 3. The zero-order chi connectivity index (χ0) is 15.2. The molecule has 0 atom stereocenters. The number of fused-ring (bicyclic) bond motifs is 1. The van der Waals surface area contributed by atoms with Crippen LogP contribution in [0.25, 0.3) is 5.52 Å². The number of hydrazine groups is 1. The van der Waals surface area contributed by atoms with Crippen LogP contribution < -0.4 is 15.8 Å². The summed E-state index contributed by atoms with van der Waals surface area (Å²) in [5, 5.41) is 17.4. The Morgan fingerprint density at radius 2 is 2.26 bits per heavy atom. The lowest BCUT2D eigenvalue weighted by molar-refractivity contribution is 0.733. The molecule has 1 saturated carbocycles. The Bertz CT molecular complexity index is 840. The molecule has 8 heteroatoms. The van der Waals surface area contributed by atoms with Crippen molar-refractivity contribution in [3.05, 3.63) is 30.1 Å². The third-order valence-corrected chi connectivity index (χ3v) is 4.34. The number of nitrogens with zero attached hydrogens (tertiary/aromatic N) is 5. The monoisotopic (exact) mass is 310 g/mol. The first kappa shape index (κ1) is 12.9. The average molecular weight is 310 g/mol. The van der Waals surface area contributed by atoms with Gasteiger partial charge in [0.25, 0.3) is 5.95 Å². The Labute approximate surface area is 132 Å². The molecule has 0 radical (unpaired) electrons. The van der Waals surface area contributed by atoms with Crippen molar-refractivity contribution in [3.63, 3.8) is 0 Å². The van der Waals surface area contributed by atoms with Crippen molar-refractivity contribution in [3.8, 4) is 0 Å². The van der Waals surface area contributed by atoms with Crippen molar-refractivity contribution < 1.29 is 0 Å². The fourth-order valence-electron chi connectivity index (χ4n) is 2.96. The third kappa shape index (κ3) is 2.31. The van der Waals surface area contributed by atoms with Gasteiger partial charge in [0.2, 0.25) is 0 Å². The van der Waals surface area contributed by atoms with Gasteiger partial charge in [-0.25, -0.2) is 9.94 Å². The summed E-state index contributed by atoms with van der Waals surface area (Å²) in [4.78, 5) is 4.69. The molecule has 5 rings (SSSR count). The summed E-state index contributed by atoms with van der Waals surface area (Å²) in [6.07, 6.45) is 5.54. The van der Waals surface area contributed by atoms with Gasteiger partial charge >= 0.3 is 0 Å². The second-order valence-electron chi connectivity index (χ2n) is 6.12. The van der Waals surface area contributed by atoms with Crippen LogP contribution in [0.15, 0.2) is 24.4 Å². The molecule has 23 heavy (non-hydrogen) atoms. The molecule has 2 aliphatic rings. The molecule has 0 bridgehead atoms. The summed E-state index contributed by atoms with van der Waals surface area (Å²) in [5.74, 6) is 2.89. The molecular formula is C15H18N8. The lowest BCUT2D eigenvalue weighted by Crippen LogP contribution is -2.32. The van der Waals surface area contributed by atoms with E-state index in [9.17, 15) is 0 Å². The number of rotatable bonds is 4. The maximum atomic E-state index is 4.69. The summed E-state index contributed by atoms with van der Waals surface area (Å²) in [6, 6.07) is 6.04. The van der Waals surface area contributed by atoms with Gasteiger partial charge in [0, 0.05) is 37.0 Å². The predicted octanol–water partition coefficient (Wildman–Crippen LogP) is 1.79. The Balaban J connectivity index is 1.51. The standard InChI is InChI=1S/C15H18N8/c1-3-12-14(17-13-9-11(19-20-13)10-4-5-10)18-15(21-22(12)7-1)23-8-2-6-16-23/h1,3,7,9-10,16H,2,4-6,8H2,(H2,17,18,19,20,21). The predicted molar refractivity (Wildman–Crippen MR) is 86.8 cm³/mol. The number of aromatic nitrogens is 5. The van der Waals surface area contributed by atoms with Crippen molar-refractivity contribution in [2.24, 2.45) is 0 Å². The number of nitrogens with one attached hydrogen (secondary N) is 3. The topological polar surface area (TPSA) is 86.2 Å². The highest BCUT2D eigenvalue weighted by Crippen LogP contribution is 2.39. The molecular weight excluding hydrogens is 292 g/mol. The third-order valence-electron chi connectivity index (χ3n) is 4.34. The van der Waals surface area contributed by atoms with Gasteiger partial charge in [-0.3, -0.25) is 10.1 Å². The van der Waals surface area contributed by atoms with Crippen molar-refractivity contribution in [2.45, 2.75) is 25.2 Å². The first-order valence-electron chi connectivity index (χ1n) is 8.05. The Hall–Kier alpha value is -2.61. The lowest BCUT2D eigenvalue weighted by Gasteiger charge is -2.16. The van der Waals surface area contributed by atoms with Gasteiger partial charge in [0.05, 0.1) is 0 Å². The van der Waals surface area contributed by atoms with E-state index in [1.807, 2.05) is 27.9 Å². The number of hydrogen-bond acceptors (Lipinski definition) is 6. The summed E-state index contributed by atoms with van der Waals surface area (Å²) >= 11 is 0. The smallest absolute Gasteiger partial charge is 0.260 e. The van der Waals surface area contributed by atoms with Gasteiger partial charge in [0.1, 0.15) is 5.52 Å². The zero-order valence-electron chi connectivity index (χ0n) is 12.7. The molecule has 1 aliphatic heterocycles. The van der Waals surface area contributed by atoms with E-state index >= 15 is 0 Å². The summed E-state index contributed by atoms with van der Waals surface area (Å²) in [5.41, 5.74) is 5.43. The first-order valence-corrected chi connectivity index (χ1v) is 8.05. The van der Waals surface area contributed by atoms with Crippen molar-refractivity contribution in [2.75, 3.05) is 23.4 Å². The van der Waals surface area contributed by atoms with E-state index in [-0.39, 0.29) is 0 Å². The minimum Gasteiger partial charge on any atom is -0.322 e. The van der Waals surface area contributed by atoms with Crippen LogP contribution in [0.3, 0.4) is 0 Å². The maximum Gasteiger partial charge on any atom is 0.260 e. The van der Waals surface area contributed by atoms with Crippen molar-refractivity contribution in [1.29, 1.82) is 0 Å². The molecule has 0 unspecified atom stereocenters. The van der Waals surface area contributed by atoms with Gasteiger partial charge in [-0.2, -0.15) is 10.1 Å². The van der Waals surface area contributed by atoms with E-state index in [1.54, 1.807) is 0 Å². The van der Waals surface area contributed by atoms with E-state index in [4.69, 9.17) is 0 Å². The molecule has 0 spiro atoms. The molecule has 1 aliphatic carbocycles. The van der Waals surface area contributed by atoms with Crippen molar-refractivity contribution in [1.82, 2.24) is 30.2 Å².